The van der Waals surface area contributed by atoms with Gasteiger partial charge in [0.05, 0.1) is 24.2 Å². The van der Waals surface area contributed by atoms with Crippen molar-refractivity contribution in [3.8, 4) is 5.75 Å². The van der Waals surface area contributed by atoms with Gasteiger partial charge in [-0.05, 0) is 60.7 Å². The van der Waals surface area contributed by atoms with Crippen LogP contribution in [-0.4, -0.2) is 29.7 Å². The Morgan fingerprint density at radius 3 is 2.48 bits per heavy atom. The number of hydrogen-bond donors (Lipinski definition) is 3. The maximum absolute atomic E-state index is 12.7. The number of aryl methyl sites for hydroxylation is 1. The number of benzene rings is 3. The van der Waals surface area contributed by atoms with Crippen molar-refractivity contribution in [1.29, 1.82) is 0 Å². The predicted octanol–water partition coefficient (Wildman–Crippen LogP) is 5.13. The molecule has 1 aromatic heterocycles. The summed E-state index contributed by atoms with van der Waals surface area (Å²) >= 11 is 0. The zero-order chi connectivity index (χ0) is 22.3. The van der Waals surface area contributed by atoms with E-state index in [0.29, 0.717) is 13.0 Å². The SMILES string of the molecule is COc1ccc(CC(NC(=O)NCCc2ccccc2C)c2nc3ccccc3[nH]2)cc1.Cl. The van der Waals surface area contributed by atoms with Gasteiger partial charge in [-0.1, -0.05) is 48.5 Å². The molecule has 1 heterocycles. The summed E-state index contributed by atoms with van der Waals surface area (Å²) in [4.78, 5) is 20.8. The number of carbonyl (C=O) groups is 1. The highest BCUT2D eigenvalue weighted by Gasteiger charge is 2.19. The lowest BCUT2D eigenvalue weighted by molar-refractivity contribution is 0.236. The monoisotopic (exact) mass is 464 g/mol. The normalized spacial score (nSPS) is 11.5. The Balaban J connectivity index is 0.00000306. The van der Waals surface area contributed by atoms with Crippen molar-refractivity contribution in [3.05, 3.63) is 95.3 Å². The largest absolute Gasteiger partial charge is 0.497 e. The quantitative estimate of drug-likeness (QED) is 0.338. The first-order valence-corrected chi connectivity index (χ1v) is 10.8. The summed E-state index contributed by atoms with van der Waals surface area (Å²) in [5, 5.41) is 6.08. The number of aromatic amines is 1. The molecule has 0 bridgehead atoms. The first-order valence-electron chi connectivity index (χ1n) is 10.8. The first-order chi connectivity index (χ1) is 15.6. The molecular formula is C26H29ClN4O2. The summed E-state index contributed by atoms with van der Waals surface area (Å²) in [6, 6.07) is 23.4. The summed E-state index contributed by atoms with van der Waals surface area (Å²) in [6.07, 6.45) is 1.39. The van der Waals surface area contributed by atoms with Gasteiger partial charge in [-0.2, -0.15) is 0 Å². The van der Waals surface area contributed by atoms with E-state index < -0.39 is 0 Å². The van der Waals surface area contributed by atoms with E-state index in [-0.39, 0.29) is 24.5 Å². The number of aromatic nitrogens is 2. The number of hydrogen-bond acceptors (Lipinski definition) is 3. The van der Waals surface area contributed by atoms with Gasteiger partial charge in [-0.25, -0.2) is 9.78 Å². The van der Waals surface area contributed by atoms with Gasteiger partial charge in [0, 0.05) is 6.54 Å². The number of methoxy groups -OCH3 is 1. The topological polar surface area (TPSA) is 79.0 Å². The molecule has 0 spiro atoms. The van der Waals surface area contributed by atoms with Gasteiger partial charge in [0.25, 0.3) is 0 Å². The lowest BCUT2D eigenvalue weighted by Gasteiger charge is -2.18. The molecule has 33 heavy (non-hydrogen) atoms. The van der Waals surface area contributed by atoms with Crippen LogP contribution in [-0.2, 0) is 12.8 Å². The second-order valence-electron chi connectivity index (χ2n) is 7.82. The lowest BCUT2D eigenvalue weighted by Crippen LogP contribution is -2.40. The number of ether oxygens (including phenoxy) is 1. The highest BCUT2D eigenvalue weighted by molar-refractivity contribution is 5.85. The fraction of sp³-hybridized carbons (Fsp3) is 0.231. The van der Waals surface area contributed by atoms with E-state index in [1.807, 2.05) is 60.7 Å². The van der Waals surface area contributed by atoms with Crippen LogP contribution in [0.4, 0.5) is 4.79 Å². The standard InChI is InChI=1S/C26H28N4O2.ClH/c1-18-7-3-4-8-20(18)15-16-27-26(31)30-24(17-19-11-13-21(32-2)14-12-19)25-28-22-9-5-6-10-23(22)29-25;/h3-14,24H,15-17H2,1-2H3,(H,28,29)(H2,27,30,31);1H. The van der Waals surface area contributed by atoms with Crippen molar-refractivity contribution >= 4 is 29.5 Å². The number of carbonyl (C=O) groups excluding carboxylic acids is 1. The Kier molecular flexibility index (Phi) is 8.33. The second kappa shape index (κ2) is 11.4. The molecule has 0 fully saturated rings. The molecule has 6 nitrogen and oxygen atoms in total. The average molecular weight is 465 g/mol. The van der Waals surface area contributed by atoms with Crippen molar-refractivity contribution in [1.82, 2.24) is 20.6 Å². The molecule has 0 radical (unpaired) electrons. The number of imidazole rings is 1. The van der Waals surface area contributed by atoms with Crippen LogP contribution in [0.1, 0.15) is 28.6 Å². The van der Waals surface area contributed by atoms with E-state index >= 15 is 0 Å². The predicted molar refractivity (Wildman–Crippen MR) is 134 cm³/mol. The number of nitrogens with zero attached hydrogens (tertiary/aromatic N) is 1. The molecule has 4 rings (SSSR count). The van der Waals surface area contributed by atoms with E-state index in [1.165, 1.54) is 11.1 Å². The minimum absolute atomic E-state index is 0. The van der Waals surface area contributed by atoms with E-state index in [4.69, 9.17) is 9.72 Å². The van der Waals surface area contributed by atoms with Crippen LogP contribution in [0.2, 0.25) is 0 Å². The zero-order valence-corrected chi connectivity index (χ0v) is 19.6. The van der Waals surface area contributed by atoms with Gasteiger partial charge in [-0.15, -0.1) is 12.4 Å². The summed E-state index contributed by atoms with van der Waals surface area (Å²) < 4.78 is 5.25. The average Bonchev–Trinajstić information content (AvgIpc) is 3.25. The van der Waals surface area contributed by atoms with Crippen molar-refractivity contribution in [2.75, 3.05) is 13.7 Å². The number of para-hydroxylation sites is 2. The molecule has 3 N–H and O–H groups in total. The van der Waals surface area contributed by atoms with Crippen LogP contribution < -0.4 is 15.4 Å². The lowest BCUT2D eigenvalue weighted by atomic mass is 10.1. The Morgan fingerprint density at radius 1 is 1.03 bits per heavy atom. The number of H-pyrrole nitrogens is 1. The highest BCUT2D eigenvalue weighted by atomic mass is 35.5. The smallest absolute Gasteiger partial charge is 0.315 e. The maximum atomic E-state index is 12.7. The Hall–Kier alpha value is -3.51. The van der Waals surface area contributed by atoms with Crippen LogP contribution in [0.5, 0.6) is 5.75 Å². The molecule has 7 heteroatoms. The molecule has 0 aliphatic heterocycles. The second-order valence-corrected chi connectivity index (χ2v) is 7.82. The molecule has 0 saturated carbocycles. The van der Waals surface area contributed by atoms with Crippen LogP contribution >= 0.6 is 12.4 Å². The van der Waals surface area contributed by atoms with Crippen LogP contribution in [0, 0.1) is 6.92 Å². The molecule has 0 saturated heterocycles. The van der Waals surface area contributed by atoms with Gasteiger partial charge >= 0.3 is 6.03 Å². The van der Waals surface area contributed by atoms with Gasteiger partial charge in [0.2, 0.25) is 0 Å². The van der Waals surface area contributed by atoms with Crippen molar-refractivity contribution in [3.63, 3.8) is 0 Å². The molecule has 1 atom stereocenters. The van der Waals surface area contributed by atoms with Gasteiger partial charge < -0.3 is 20.4 Å². The summed E-state index contributed by atoms with van der Waals surface area (Å²) in [5.74, 6) is 1.53. The Labute approximate surface area is 200 Å². The molecule has 172 valence electrons. The Bertz CT molecular complexity index is 1160. The fourth-order valence-electron chi connectivity index (χ4n) is 3.76. The molecular weight excluding hydrogens is 436 g/mol. The fourth-order valence-corrected chi connectivity index (χ4v) is 3.76. The van der Waals surface area contributed by atoms with E-state index in [2.05, 4.69) is 34.7 Å². The third kappa shape index (κ3) is 6.26. The van der Waals surface area contributed by atoms with Crippen molar-refractivity contribution in [2.24, 2.45) is 0 Å². The molecule has 3 aromatic carbocycles. The van der Waals surface area contributed by atoms with Crippen LogP contribution in [0.3, 0.4) is 0 Å². The molecule has 1 unspecified atom stereocenters. The van der Waals surface area contributed by atoms with E-state index in [1.54, 1.807) is 7.11 Å². The molecule has 0 aliphatic rings. The minimum Gasteiger partial charge on any atom is -0.497 e. The number of urea groups is 1. The van der Waals surface area contributed by atoms with Crippen LogP contribution in [0.15, 0.2) is 72.8 Å². The zero-order valence-electron chi connectivity index (χ0n) is 18.8. The molecule has 0 aliphatic carbocycles. The summed E-state index contributed by atoms with van der Waals surface area (Å²) in [5.41, 5.74) is 5.37. The number of rotatable bonds is 8. The number of fused-ring (bicyclic) bond motifs is 1. The minimum atomic E-state index is -0.297. The summed E-state index contributed by atoms with van der Waals surface area (Å²) in [6.45, 7) is 2.65. The Morgan fingerprint density at radius 2 is 1.76 bits per heavy atom. The van der Waals surface area contributed by atoms with E-state index in [9.17, 15) is 4.79 Å². The number of nitrogens with one attached hydrogen (secondary N) is 3. The third-order valence-corrected chi connectivity index (χ3v) is 5.58. The van der Waals surface area contributed by atoms with Crippen LogP contribution in [0.25, 0.3) is 11.0 Å². The summed E-state index contributed by atoms with van der Waals surface area (Å²) in [7, 11) is 1.65. The van der Waals surface area contributed by atoms with Crippen molar-refractivity contribution < 1.29 is 9.53 Å². The van der Waals surface area contributed by atoms with Gasteiger partial charge in [-0.3, -0.25) is 0 Å². The van der Waals surface area contributed by atoms with E-state index in [0.717, 1.165) is 34.6 Å². The third-order valence-electron chi connectivity index (χ3n) is 5.58. The first kappa shape index (κ1) is 24.1. The molecule has 4 aromatic rings. The highest BCUT2D eigenvalue weighted by Crippen LogP contribution is 2.21. The van der Waals surface area contributed by atoms with Gasteiger partial charge in [0.1, 0.15) is 11.6 Å². The number of halogens is 1. The number of amides is 2. The van der Waals surface area contributed by atoms with Crippen molar-refractivity contribution in [2.45, 2.75) is 25.8 Å². The maximum Gasteiger partial charge on any atom is 0.315 e. The molecule has 2 amide bonds. The van der Waals surface area contributed by atoms with Gasteiger partial charge in [0.15, 0.2) is 0 Å².